The molecule has 4 rings (SSSR count). The summed E-state index contributed by atoms with van der Waals surface area (Å²) < 4.78 is 4.78. The van der Waals surface area contributed by atoms with Crippen LogP contribution in [0.3, 0.4) is 0 Å². The third-order valence-corrected chi connectivity index (χ3v) is 4.18. The molecule has 0 spiro atoms. The fourth-order valence-corrected chi connectivity index (χ4v) is 3.03. The molecule has 21 heavy (non-hydrogen) atoms. The quantitative estimate of drug-likeness (QED) is 0.570. The molecule has 5 nitrogen and oxygen atoms in total. The molecule has 4 aromatic rings. The highest BCUT2D eigenvalue weighted by Crippen LogP contribution is 2.33. The van der Waals surface area contributed by atoms with Crippen molar-refractivity contribution in [3.05, 3.63) is 48.5 Å². The molecule has 0 aliphatic carbocycles. The number of rotatable bonds is 2. The molecule has 0 fully saturated rings. The number of nitrogens with zero attached hydrogens (tertiary/aromatic N) is 3. The van der Waals surface area contributed by atoms with Crippen LogP contribution in [0.25, 0.3) is 21.9 Å². The van der Waals surface area contributed by atoms with Crippen LogP contribution in [-0.2, 0) is 0 Å². The number of fused-ring (bicyclic) bond motifs is 2. The number of nitrogen functional groups attached to an aromatic ring is 1. The Hall–Kier alpha value is -2.60. The molecule has 0 saturated carbocycles. The van der Waals surface area contributed by atoms with E-state index in [-0.39, 0.29) is 0 Å². The van der Waals surface area contributed by atoms with E-state index in [0.29, 0.717) is 16.7 Å². The maximum Gasteiger partial charge on any atom is 0.159 e. The van der Waals surface area contributed by atoms with E-state index in [1.165, 1.54) is 11.8 Å². The van der Waals surface area contributed by atoms with Crippen molar-refractivity contribution in [1.82, 2.24) is 15.3 Å². The molecule has 0 saturated heterocycles. The zero-order chi connectivity index (χ0) is 14.2. The smallest absolute Gasteiger partial charge is 0.159 e. The molecular weight excluding hydrogens is 284 g/mol. The maximum atomic E-state index is 5.85. The summed E-state index contributed by atoms with van der Waals surface area (Å²) in [6.07, 6.45) is 0. The number of nitrogens with two attached hydrogens (primary N) is 1. The van der Waals surface area contributed by atoms with Gasteiger partial charge >= 0.3 is 0 Å². The molecule has 0 aliphatic heterocycles. The fourth-order valence-electron chi connectivity index (χ4n) is 2.16. The minimum atomic E-state index is 0.557. The first-order valence-corrected chi connectivity index (χ1v) is 7.17. The molecule has 0 aliphatic rings. The van der Waals surface area contributed by atoms with E-state index in [0.717, 1.165) is 20.8 Å². The second-order valence-electron chi connectivity index (χ2n) is 4.56. The van der Waals surface area contributed by atoms with Gasteiger partial charge < -0.3 is 5.73 Å². The molecule has 0 atom stereocenters. The zero-order valence-electron chi connectivity index (χ0n) is 10.9. The minimum Gasteiger partial charge on any atom is -0.397 e. The van der Waals surface area contributed by atoms with Crippen molar-refractivity contribution in [3.8, 4) is 0 Å². The molecule has 0 amide bonds. The van der Waals surface area contributed by atoms with Gasteiger partial charge in [-0.3, -0.25) is 0 Å². The van der Waals surface area contributed by atoms with Crippen molar-refractivity contribution >= 4 is 39.4 Å². The standard InChI is InChI=1S/C15H10N4OS/c16-10-6-7-12(15-14(10)18-20-19-15)21-13-8-5-9-3-1-2-4-11(9)17-13/h1-8H,16H2. The third-order valence-electron chi connectivity index (χ3n) is 3.20. The van der Waals surface area contributed by atoms with Crippen molar-refractivity contribution in [2.75, 3.05) is 5.73 Å². The Morgan fingerprint density at radius 2 is 1.76 bits per heavy atom. The van der Waals surface area contributed by atoms with Crippen LogP contribution in [-0.4, -0.2) is 15.3 Å². The predicted octanol–water partition coefficient (Wildman–Crippen LogP) is 3.50. The van der Waals surface area contributed by atoms with E-state index in [2.05, 4.69) is 21.4 Å². The lowest BCUT2D eigenvalue weighted by Crippen LogP contribution is -1.88. The van der Waals surface area contributed by atoms with Gasteiger partial charge in [-0.25, -0.2) is 9.61 Å². The number of anilines is 1. The second-order valence-corrected chi connectivity index (χ2v) is 5.62. The molecule has 2 heterocycles. The first kappa shape index (κ1) is 12.2. The van der Waals surface area contributed by atoms with Crippen LogP contribution in [0.4, 0.5) is 5.69 Å². The fraction of sp³-hybridized carbons (Fsp3) is 0. The van der Waals surface area contributed by atoms with Crippen molar-refractivity contribution in [1.29, 1.82) is 0 Å². The number of hydrogen-bond donors (Lipinski definition) is 1. The van der Waals surface area contributed by atoms with Gasteiger partial charge in [-0.1, -0.05) is 36.0 Å². The molecule has 0 unspecified atom stereocenters. The van der Waals surface area contributed by atoms with Crippen LogP contribution in [0.5, 0.6) is 0 Å². The molecule has 2 N–H and O–H groups in total. The minimum absolute atomic E-state index is 0.557. The van der Waals surface area contributed by atoms with Crippen molar-refractivity contribution in [2.24, 2.45) is 0 Å². The van der Waals surface area contributed by atoms with E-state index < -0.39 is 0 Å². The number of pyridine rings is 1. The Labute approximate surface area is 124 Å². The summed E-state index contributed by atoms with van der Waals surface area (Å²) in [5.74, 6) is 0. The molecule has 0 radical (unpaired) electrons. The molecule has 102 valence electrons. The summed E-state index contributed by atoms with van der Waals surface area (Å²) in [5, 5.41) is 9.76. The van der Waals surface area contributed by atoms with Crippen LogP contribution >= 0.6 is 11.8 Å². The zero-order valence-corrected chi connectivity index (χ0v) is 11.7. The summed E-state index contributed by atoms with van der Waals surface area (Å²) in [5.41, 5.74) is 8.62. The molecule has 2 aromatic heterocycles. The van der Waals surface area contributed by atoms with Crippen molar-refractivity contribution in [3.63, 3.8) is 0 Å². The van der Waals surface area contributed by atoms with Crippen LogP contribution in [0.15, 0.2) is 63.1 Å². The summed E-state index contributed by atoms with van der Waals surface area (Å²) in [6.45, 7) is 0. The summed E-state index contributed by atoms with van der Waals surface area (Å²) in [7, 11) is 0. The Morgan fingerprint density at radius 3 is 2.71 bits per heavy atom. The number of aromatic nitrogens is 3. The Bertz CT molecular complexity index is 951. The number of hydrogen-bond acceptors (Lipinski definition) is 6. The van der Waals surface area contributed by atoms with Crippen molar-refractivity contribution < 1.29 is 4.63 Å². The second kappa shape index (κ2) is 4.75. The van der Waals surface area contributed by atoms with E-state index >= 15 is 0 Å². The highest BCUT2D eigenvalue weighted by atomic mass is 32.2. The van der Waals surface area contributed by atoms with E-state index in [1.54, 1.807) is 6.07 Å². The van der Waals surface area contributed by atoms with Gasteiger partial charge in [-0.15, -0.1) is 0 Å². The average molecular weight is 294 g/mol. The van der Waals surface area contributed by atoms with Crippen LogP contribution in [0.1, 0.15) is 0 Å². The van der Waals surface area contributed by atoms with Crippen LogP contribution < -0.4 is 5.73 Å². The van der Waals surface area contributed by atoms with Gasteiger partial charge in [-0.05, 0) is 34.6 Å². The normalized spacial score (nSPS) is 11.2. The molecule has 6 heteroatoms. The van der Waals surface area contributed by atoms with Crippen LogP contribution in [0, 0.1) is 0 Å². The average Bonchev–Trinajstić information content (AvgIpc) is 3.01. The monoisotopic (exact) mass is 294 g/mol. The van der Waals surface area contributed by atoms with Gasteiger partial charge in [-0.2, -0.15) is 0 Å². The molecule has 0 bridgehead atoms. The van der Waals surface area contributed by atoms with E-state index in [9.17, 15) is 0 Å². The van der Waals surface area contributed by atoms with Gasteiger partial charge in [0.1, 0.15) is 5.03 Å². The summed E-state index contributed by atoms with van der Waals surface area (Å²) >= 11 is 1.52. The predicted molar refractivity (Wildman–Crippen MR) is 82.1 cm³/mol. The topological polar surface area (TPSA) is 77.8 Å². The lowest BCUT2D eigenvalue weighted by atomic mass is 10.2. The van der Waals surface area contributed by atoms with Gasteiger partial charge in [0, 0.05) is 10.3 Å². The van der Waals surface area contributed by atoms with Crippen molar-refractivity contribution in [2.45, 2.75) is 9.92 Å². The lowest BCUT2D eigenvalue weighted by Gasteiger charge is -2.03. The number of para-hydroxylation sites is 1. The van der Waals surface area contributed by atoms with Gasteiger partial charge in [0.05, 0.1) is 11.2 Å². The Balaban J connectivity index is 1.79. The SMILES string of the molecule is Nc1ccc(Sc2ccc3ccccc3n2)c2nonc12. The Kier molecular flexibility index (Phi) is 2.75. The largest absolute Gasteiger partial charge is 0.397 e. The first-order valence-electron chi connectivity index (χ1n) is 6.36. The number of benzene rings is 2. The lowest BCUT2D eigenvalue weighted by molar-refractivity contribution is 0.315. The van der Waals surface area contributed by atoms with Gasteiger partial charge in [0.2, 0.25) is 0 Å². The third kappa shape index (κ3) is 2.09. The molecule has 2 aromatic carbocycles. The first-order chi connectivity index (χ1) is 10.3. The molecular formula is C15H10N4OS. The van der Waals surface area contributed by atoms with Crippen LogP contribution in [0.2, 0.25) is 0 Å². The van der Waals surface area contributed by atoms with Gasteiger partial charge in [0.25, 0.3) is 0 Å². The van der Waals surface area contributed by atoms with Gasteiger partial charge in [0.15, 0.2) is 11.0 Å². The highest BCUT2D eigenvalue weighted by Gasteiger charge is 2.11. The maximum absolute atomic E-state index is 5.85. The summed E-state index contributed by atoms with van der Waals surface area (Å²) in [6, 6.07) is 15.8. The highest BCUT2D eigenvalue weighted by molar-refractivity contribution is 7.99. The van der Waals surface area contributed by atoms with E-state index in [4.69, 9.17) is 10.4 Å². The van der Waals surface area contributed by atoms with E-state index in [1.807, 2.05) is 36.4 Å². The Morgan fingerprint density at radius 1 is 0.905 bits per heavy atom. The summed E-state index contributed by atoms with van der Waals surface area (Å²) in [4.78, 5) is 5.56.